The highest BCUT2D eigenvalue weighted by Gasteiger charge is 2.20. The molecule has 1 saturated heterocycles. The number of nitrogens with zero attached hydrogens (tertiary/aromatic N) is 1. The van der Waals surface area contributed by atoms with Gasteiger partial charge in [0.15, 0.2) is 5.76 Å². The van der Waals surface area contributed by atoms with Gasteiger partial charge in [0, 0.05) is 18.7 Å². The molecule has 1 N–H and O–H groups in total. The molecule has 1 aliphatic heterocycles. The number of amides is 1. The lowest BCUT2D eigenvalue weighted by Gasteiger charge is -2.10. The predicted molar refractivity (Wildman–Crippen MR) is 86.8 cm³/mol. The Labute approximate surface area is 131 Å². The molecule has 116 valence electrons. The minimum absolute atomic E-state index is 0.132. The lowest BCUT2D eigenvalue weighted by atomic mass is 10.1. The first-order chi connectivity index (χ1) is 10.6. The van der Waals surface area contributed by atoms with Crippen molar-refractivity contribution in [3.05, 3.63) is 47.7 Å². The van der Waals surface area contributed by atoms with E-state index in [2.05, 4.69) is 17.3 Å². The fourth-order valence-corrected chi connectivity index (χ4v) is 2.85. The van der Waals surface area contributed by atoms with Crippen LogP contribution in [0.25, 0.3) is 11.3 Å². The number of hydrogen-bond acceptors (Lipinski definition) is 3. The summed E-state index contributed by atoms with van der Waals surface area (Å²) < 4.78 is 5.69. The second kappa shape index (κ2) is 6.36. The van der Waals surface area contributed by atoms with Crippen molar-refractivity contribution in [2.24, 2.45) is 5.92 Å². The second-order valence-electron chi connectivity index (χ2n) is 6.16. The van der Waals surface area contributed by atoms with Crippen LogP contribution in [0.5, 0.6) is 0 Å². The Balaban J connectivity index is 1.60. The van der Waals surface area contributed by atoms with Gasteiger partial charge in [-0.15, -0.1) is 0 Å². The first kappa shape index (κ1) is 14.9. The van der Waals surface area contributed by atoms with Gasteiger partial charge in [-0.1, -0.05) is 29.8 Å². The Morgan fingerprint density at radius 3 is 2.73 bits per heavy atom. The number of rotatable bonds is 4. The number of aryl methyl sites for hydroxylation is 1. The fraction of sp³-hybridized carbons (Fsp3) is 0.389. The molecule has 1 aromatic heterocycles. The van der Waals surface area contributed by atoms with Crippen LogP contribution in [0.4, 0.5) is 0 Å². The van der Waals surface area contributed by atoms with E-state index in [0.717, 1.165) is 30.8 Å². The largest absolute Gasteiger partial charge is 0.451 e. The van der Waals surface area contributed by atoms with Crippen LogP contribution in [-0.2, 0) is 0 Å². The van der Waals surface area contributed by atoms with Gasteiger partial charge in [0.2, 0.25) is 0 Å². The number of furan rings is 1. The Bertz CT molecular complexity index is 645. The Hall–Kier alpha value is -2.07. The summed E-state index contributed by atoms with van der Waals surface area (Å²) in [5.41, 5.74) is 2.19. The van der Waals surface area contributed by atoms with Crippen molar-refractivity contribution in [2.75, 3.05) is 26.7 Å². The Morgan fingerprint density at radius 1 is 1.27 bits per heavy atom. The van der Waals surface area contributed by atoms with E-state index in [9.17, 15) is 4.79 Å². The Kier molecular flexibility index (Phi) is 4.29. The van der Waals surface area contributed by atoms with E-state index in [1.807, 2.05) is 37.3 Å². The molecule has 4 heteroatoms. The van der Waals surface area contributed by atoms with Gasteiger partial charge in [-0.3, -0.25) is 4.79 Å². The summed E-state index contributed by atoms with van der Waals surface area (Å²) in [6.07, 6.45) is 1.14. The van der Waals surface area contributed by atoms with Gasteiger partial charge in [0.1, 0.15) is 5.76 Å². The van der Waals surface area contributed by atoms with Gasteiger partial charge < -0.3 is 14.6 Å². The normalized spacial score (nSPS) is 18.5. The zero-order chi connectivity index (χ0) is 15.5. The predicted octanol–water partition coefficient (Wildman–Crippen LogP) is 2.94. The first-order valence-electron chi connectivity index (χ1n) is 7.75. The van der Waals surface area contributed by atoms with Gasteiger partial charge in [-0.05, 0) is 45.0 Å². The summed E-state index contributed by atoms with van der Waals surface area (Å²) in [4.78, 5) is 14.5. The molecule has 4 nitrogen and oxygen atoms in total. The van der Waals surface area contributed by atoms with E-state index in [0.29, 0.717) is 18.2 Å². The third-order valence-corrected chi connectivity index (χ3v) is 4.21. The summed E-state index contributed by atoms with van der Waals surface area (Å²) >= 11 is 0. The average Bonchev–Trinajstić information content (AvgIpc) is 3.15. The maximum absolute atomic E-state index is 12.2. The molecule has 0 radical (unpaired) electrons. The van der Waals surface area contributed by atoms with Gasteiger partial charge in [0.05, 0.1) is 0 Å². The maximum atomic E-state index is 12.2. The molecule has 3 rings (SSSR count). The highest BCUT2D eigenvalue weighted by Crippen LogP contribution is 2.22. The van der Waals surface area contributed by atoms with E-state index in [1.54, 1.807) is 6.07 Å². The van der Waals surface area contributed by atoms with Crippen molar-refractivity contribution in [3.8, 4) is 11.3 Å². The molecular weight excluding hydrogens is 276 g/mol. The molecule has 1 amide bonds. The number of carbonyl (C=O) groups excluding carboxylic acids is 1. The third-order valence-electron chi connectivity index (χ3n) is 4.21. The van der Waals surface area contributed by atoms with Crippen LogP contribution in [-0.4, -0.2) is 37.5 Å². The molecule has 0 spiro atoms. The first-order valence-corrected chi connectivity index (χ1v) is 7.75. The van der Waals surface area contributed by atoms with E-state index in [1.165, 1.54) is 5.56 Å². The van der Waals surface area contributed by atoms with Gasteiger partial charge in [0.25, 0.3) is 5.91 Å². The van der Waals surface area contributed by atoms with Crippen LogP contribution >= 0.6 is 0 Å². The van der Waals surface area contributed by atoms with E-state index in [-0.39, 0.29) is 5.91 Å². The lowest BCUT2D eigenvalue weighted by Crippen LogP contribution is -2.30. The third kappa shape index (κ3) is 3.39. The standard InChI is InChI=1S/C18H22N2O2/c1-13-3-5-15(6-4-13)16-7-8-17(22-16)18(21)19-11-14-9-10-20(2)12-14/h3-8,14H,9-12H2,1-2H3,(H,19,21)/t14-/m0/s1. The van der Waals surface area contributed by atoms with E-state index >= 15 is 0 Å². The molecular formula is C18H22N2O2. The van der Waals surface area contributed by atoms with Crippen molar-refractivity contribution >= 4 is 5.91 Å². The lowest BCUT2D eigenvalue weighted by molar-refractivity contribution is 0.0920. The van der Waals surface area contributed by atoms with Crippen LogP contribution in [0.15, 0.2) is 40.8 Å². The average molecular weight is 298 g/mol. The molecule has 0 saturated carbocycles. The summed E-state index contributed by atoms with van der Waals surface area (Å²) in [7, 11) is 2.11. The molecule has 1 fully saturated rings. The molecule has 0 bridgehead atoms. The monoisotopic (exact) mass is 298 g/mol. The molecule has 1 atom stereocenters. The van der Waals surface area contributed by atoms with E-state index < -0.39 is 0 Å². The van der Waals surface area contributed by atoms with Gasteiger partial charge >= 0.3 is 0 Å². The summed E-state index contributed by atoms with van der Waals surface area (Å²) in [6, 6.07) is 11.7. The summed E-state index contributed by atoms with van der Waals surface area (Å²) in [5.74, 6) is 1.51. The van der Waals surface area contributed by atoms with Crippen LogP contribution in [0.3, 0.4) is 0 Å². The topological polar surface area (TPSA) is 45.5 Å². The number of carbonyl (C=O) groups is 1. The number of nitrogens with one attached hydrogen (secondary N) is 1. The molecule has 1 aliphatic rings. The summed E-state index contributed by atoms with van der Waals surface area (Å²) in [5, 5.41) is 2.98. The second-order valence-corrected chi connectivity index (χ2v) is 6.16. The minimum Gasteiger partial charge on any atom is -0.451 e. The van der Waals surface area contributed by atoms with Crippen LogP contribution in [0.2, 0.25) is 0 Å². The van der Waals surface area contributed by atoms with Crippen molar-refractivity contribution in [2.45, 2.75) is 13.3 Å². The number of likely N-dealkylation sites (tertiary alicyclic amines) is 1. The molecule has 2 heterocycles. The molecule has 1 aromatic carbocycles. The van der Waals surface area contributed by atoms with Crippen LogP contribution in [0, 0.1) is 12.8 Å². The van der Waals surface area contributed by atoms with Crippen molar-refractivity contribution in [1.82, 2.24) is 10.2 Å². The smallest absolute Gasteiger partial charge is 0.287 e. The zero-order valence-electron chi connectivity index (χ0n) is 13.1. The quantitative estimate of drug-likeness (QED) is 0.944. The van der Waals surface area contributed by atoms with Gasteiger partial charge in [-0.2, -0.15) is 0 Å². The van der Waals surface area contributed by atoms with Crippen molar-refractivity contribution in [3.63, 3.8) is 0 Å². The van der Waals surface area contributed by atoms with Gasteiger partial charge in [-0.25, -0.2) is 0 Å². The zero-order valence-corrected chi connectivity index (χ0v) is 13.1. The molecule has 2 aromatic rings. The van der Waals surface area contributed by atoms with Crippen LogP contribution < -0.4 is 5.32 Å². The SMILES string of the molecule is Cc1ccc(-c2ccc(C(=O)NC[C@@H]3CCN(C)C3)o2)cc1. The highest BCUT2D eigenvalue weighted by atomic mass is 16.3. The van der Waals surface area contributed by atoms with Crippen LogP contribution in [0.1, 0.15) is 22.5 Å². The Morgan fingerprint density at radius 2 is 2.05 bits per heavy atom. The minimum atomic E-state index is -0.132. The molecule has 0 unspecified atom stereocenters. The maximum Gasteiger partial charge on any atom is 0.287 e. The van der Waals surface area contributed by atoms with Crippen molar-refractivity contribution < 1.29 is 9.21 Å². The molecule has 22 heavy (non-hydrogen) atoms. The summed E-state index contributed by atoms with van der Waals surface area (Å²) in [6.45, 7) is 4.92. The van der Waals surface area contributed by atoms with E-state index in [4.69, 9.17) is 4.42 Å². The number of benzene rings is 1. The number of hydrogen-bond donors (Lipinski definition) is 1. The van der Waals surface area contributed by atoms with Crippen molar-refractivity contribution in [1.29, 1.82) is 0 Å². The highest BCUT2D eigenvalue weighted by molar-refractivity contribution is 5.92. The molecule has 0 aliphatic carbocycles. The fourth-order valence-electron chi connectivity index (χ4n) is 2.85.